The molecule has 2 aromatic carbocycles. The van der Waals surface area contributed by atoms with E-state index in [4.69, 9.17) is 9.15 Å². The molecule has 0 spiro atoms. The Hall–Kier alpha value is -2.55. The van der Waals surface area contributed by atoms with Crippen molar-refractivity contribution < 1.29 is 9.15 Å². The minimum atomic E-state index is -0.322. The first-order valence-corrected chi connectivity index (χ1v) is 6.37. The van der Waals surface area contributed by atoms with Crippen LogP contribution in [0.15, 0.2) is 57.7 Å². The predicted octanol–water partition coefficient (Wildman–Crippen LogP) is 3.78. The molecule has 0 radical (unpaired) electrons. The Kier molecular flexibility index (Phi) is 3.03. The number of benzene rings is 2. The quantitative estimate of drug-likeness (QED) is 0.663. The molecular weight excluding hydrogens is 252 g/mol. The maximum atomic E-state index is 12.1. The van der Waals surface area contributed by atoms with Gasteiger partial charge in [0.25, 0.3) is 0 Å². The molecule has 0 saturated heterocycles. The molecule has 0 N–H and O–H groups in total. The first-order chi connectivity index (χ1) is 9.69. The summed E-state index contributed by atoms with van der Waals surface area (Å²) < 4.78 is 10.6. The summed E-state index contributed by atoms with van der Waals surface area (Å²) in [6.45, 7) is 1.93. The highest BCUT2D eigenvalue weighted by molar-refractivity contribution is 5.83. The van der Waals surface area contributed by atoms with Crippen molar-refractivity contribution in [1.29, 1.82) is 0 Å². The first kappa shape index (κ1) is 12.5. The Labute approximate surface area is 116 Å². The van der Waals surface area contributed by atoms with E-state index in [2.05, 4.69) is 0 Å². The molecule has 0 atom stereocenters. The van der Waals surface area contributed by atoms with Gasteiger partial charge in [0.15, 0.2) is 0 Å². The summed E-state index contributed by atoms with van der Waals surface area (Å²) in [7, 11) is 1.61. The van der Waals surface area contributed by atoms with Crippen LogP contribution in [0, 0.1) is 6.92 Å². The number of ether oxygens (including phenoxy) is 1. The third kappa shape index (κ3) is 2.07. The zero-order valence-corrected chi connectivity index (χ0v) is 11.3. The maximum Gasteiger partial charge on any atom is 0.344 e. The fraction of sp³-hybridized carbons (Fsp3) is 0.118. The molecule has 0 unspecified atom stereocenters. The highest BCUT2D eigenvalue weighted by Crippen LogP contribution is 2.24. The Morgan fingerprint density at radius 1 is 1.05 bits per heavy atom. The van der Waals surface area contributed by atoms with Crippen molar-refractivity contribution in [3.05, 3.63) is 64.5 Å². The summed E-state index contributed by atoms with van der Waals surface area (Å²) in [6.07, 6.45) is 0. The number of methoxy groups -OCH3 is 1. The normalized spacial score (nSPS) is 10.7. The predicted molar refractivity (Wildman–Crippen MR) is 79.2 cm³/mol. The van der Waals surface area contributed by atoms with Crippen molar-refractivity contribution in [2.75, 3.05) is 7.11 Å². The standard InChI is InChI=1S/C17H14O3/c1-11-4-3-5-13-10-15(17(18)20-16(11)13)12-6-8-14(19-2)9-7-12/h3-10H,1-2H3. The molecule has 0 bridgehead atoms. The van der Waals surface area contributed by atoms with Gasteiger partial charge in [-0.1, -0.05) is 30.3 Å². The van der Waals surface area contributed by atoms with E-state index < -0.39 is 0 Å². The minimum Gasteiger partial charge on any atom is -0.497 e. The topological polar surface area (TPSA) is 39.4 Å². The van der Waals surface area contributed by atoms with Crippen molar-refractivity contribution in [2.45, 2.75) is 6.92 Å². The van der Waals surface area contributed by atoms with Crippen molar-refractivity contribution in [3.63, 3.8) is 0 Å². The number of para-hydroxylation sites is 1. The van der Waals surface area contributed by atoms with E-state index in [1.165, 1.54) is 0 Å². The fourth-order valence-electron chi connectivity index (χ4n) is 2.26. The molecule has 3 nitrogen and oxygen atoms in total. The van der Waals surface area contributed by atoms with E-state index in [1.807, 2.05) is 55.5 Å². The molecule has 3 heteroatoms. The Balaban J connectivity index is 2.20. The molecular formula is C17H14O3. The molecule has 1 aromatic heterocycles. The van der Waals surface area contributed by atoms with Gasteiger partial charge in [-0.2, -0.15) is 0 Å². The van der Waals surface area contributed by atoms with Crippen LogP contribution in [-0.2, 0) is 0 Å². The lowest BCUT2D eigenvalue weighted by Gasteiger charge is -2.05. The highest BCUT2D eigenvalue weighted by Gasteiger charge is 2.09. The van der Waals surface area contributed by atoms with Crippen LogP contribution in [0.1, 0.15) is 5.56 Å². The van der Waals surface area contributed by atoms with E-state index in [0.29, 0.717) is 11.1 Å². The SMILES string of the molecule is COc1ccc(-c2cc3cccc(C)c3oc2=O)cc1. The number of hydrogen-bond acceptors (Lipinski definition) is 3. The van der Waals surface area contributed by atoms with Crippen LogP contribution in [0.5, 0.6) is 5.75 Å². The van der Waals surface area contributed by atoms with Crippen molar-refractivity contribution >= 4 is 11.0 Å². The Morgan fingerprint density at radius 2 is 1.80 bits per heavy atom. The van der Waals surface area contributed by atoms with Crippen LogP contribution in [-0.4, -0.2) is 7.11 Å². The first-order valence-electron chi connectivity index (χ1n) is 6.37. The summed E-state index contributed by atoms with van der Waals surface area (Å²) in [4.78, 5) is 12.1. The molecule has 0 amide bonds. The summed E-state index contributed by atoms with van der Waals surface area (Å²) in [5, 5.41) is 0.926. The van der Waals surface area contributed by atoms with Gasteiger partial charge in [-0.05, 0) is 36.2 Å². The van der Waals surface area contributed by atoms with Gasteiger partial charge in [0, 0.05) is 5.39 Å². The molecule has 0 saturated carbocycles. The minimum absolute atomic E-state index is 0.322. The van der Waals surface area contributed by atoms with E-state index in [0.717, 1.165) is 22.3 Å². The zero-order valence-electron chi connectivity index (χ0n) is 11.3. The monoisotopic (exact) mass is 266 g/mol. The Bertz CT molecular complexity index is 814. The van der Waals surface area contributed by atoms with Crippen LogP contribution in [0.3, 0.4) is 0 Å². The van der Waals surface area contributed by atoms with Gasteiger partial charge in [-0.3, -0.25) is 0 Å². The maximum absolute atomic E-state index is 12.1. The lowest BCUT2D eigenvalue weighted by molar-refractivity contribution is 0.415. The smallest absolute Gasteiger partial charge is 0.344 e. The molecule has 3 rings (SSSR count). The summed E-state index contributed by atoms with van der Waals surface area (Å²) in [5.74, 6) is 0.759. The summed E-state index contributed by atoms with van der Waals surface area (Å²) >= 11 is 0. The van der Waals surface area contributed by atoms with Gasteiger partial charge in [-0.15, -0.1) is 0 Å². The molecule has 3 aromatic rings. The third-order valence-corrected chi connectivity index (χ3v) is 3.36. The second-order valence-corrected chi connectivity index (χ2v) is 4.67. The van der Waals surface area contributed by atoms with Gasteiger partial charge in [0.1, 0.15) is 11.3 Å². The van der Waals surface area contributed by atoms with Gasteiger partial charge in [0.2, 0.25) is 0 Å². The van der Waals surface area contributed by atoms with Gasteiger partial charge >= 0.3 is 5.63 Å². The van der Waals surface area contributed by atoms with Crippen molar-refractivity contribution in [3.8, 4) is 16.9 Å². The van der Waals surface area contributed by atoms with Gasteiger partial charge < -0.3 is 9.15 Å². The summed E-state index contributed by atoms with van der Waals surface area (Å²) in [5.41, 5.74) is 2.67. The highest BCUT2D eigenvalue weighted by atomic mass is 16.5. The average molecular weight is 266 g/mol. The Morgan fingerprint density at radius 3 is 2.50 bits per heavy atom. The molecule has 0 aliphatic heterocycles. The van der Waals surface area contributed by atoms with Gasteiger partial charge in [0.05, 0.1) is 12.7 Å². The molecule has 20 heavy (non-hydrogen) atoms. The van der Waals surface area contributed by atoms with Crippen molar-refractivity contribution in [1.82, 2.24) is 0 Å². The van der Waals surface area contributed by atoms with Crippen LogP contribution in [0.4, 0.5) is 0 Å². The number of aryl methyl sites for hydroxylation is 1. The molecule has 1 heterocycles. The number of rotatable bonds is 2. The lowest BCUT2D eigenvalue weighted by Crippen LogP contribution is -2.03. The molecule has 0 aliphatic rings. The number of fused-ring (bicyclic) bond motifs is 1. The van der Waals surface area contributed by atoms with E-state index >= 15 is 0 Å². The van der Waals surface area contributed by atoms with Crippen LogP contribution < -0.4 is 10.4 Å². The average Bonchev–Trinajstić information content (AvgIpc) is 2.48. The van der Waals surface area contributed by atoms with Crippen LogP contribution >= 0.6 is 0 Å². The fourth-order valence-corrected chi connectivity index (χ4v) is 2.26. The van der Waals surface area contributed by atoms with E-state index in [-0.39, 0.29) is 5.63 Å². The zero-order chi connectivity index (χ0) is 14.1. The molecule has 100 valence electrons. The molecule has 0 aliphatic carbocycles. The molecule has 0 fully saturated rings. The second kappa shape index (κ2) is 4.85. The third-order valence-electron chi connectivity index (χ3n) is 3.36. The van der Waals surface area contributed by atoms with Crippen LogP contribution in [0.25, 0.3) is 22.1 Å². The van der Waals surface area contributed by atoms with Crippen molar-refractivity contribution in [2.24, 2.45) is 0 Å². The largest absolute Gasteiger partial charge is 0.497 e. The van der Waals surface area contributed by atoms with E-state index in [1.54, 1.807) is 7.11 Å². The second-order valence-electron chi connectivity index (χ2n) is 4.67. The van der Waals surface area contributed by atoms with E-state index in [9.17, 15) is 4.79 Å². The van der Waals surface area contributed by atoms with Crippen LogP contribution in [0.2, 0.25) is 0 Å². The number of hydrogen-bond donors (Lipinski definition) is 0. The lowest BCUT2D eigenvalue weighted by atomic mass is 10.0. The summed E-state index contributed by atoms with van der Waals surface area (Å²) in [6, 6.07) is 15.1. The van der Waals surface area contributed by atoms with Gasteiger partial charge in [-0.25, -0.2) is 4.79 Å².